The van der Waals surface area contributed by atoms with Crippen molar-refractivity contribution in [3.8, 4) is 0 Å². The SMILES string of the molecule is CCc1sc(C(=O)Nc2n[nH]c(C)c2C)cc1C. The molecule has 1 amide bonds. The van der Waals surface area contributed by atoms with Gasteiger partial charge in [0.2, 0.25) is 0 Å². The Hall–Kier alpha value is -1.62. The van der Waals surface area contributed by atoms with E-state index < -0.39 is 0 Å². The first-order chi connectivity index (χ1) is 8.52. The molecule has 0 aromatic carbocycles. The Morgan fingerprint density at radius 1 is 1.44 bits per heavy atom. The van der Waals surface area contributed by atoms with Crippen molar-refractivity contribution in [3.63, 3.8) is 0 Å². The molecule has 0 spiro atoms. The third-order valence-corrected chi connectivity index (χ3v) is 4.43. The fourth-order valence-electron chi connectivity index (χ4n) is 1.76. The van der Waals surface area contributed by atoms with Gasteiger partial charge >= 0.3 is 0 Å². The molecular weight excluding hydrogens is 246 g/mol. The molecule has 2 N–H and O–H groups in total. The van der Waals surface area contributed by atoms with E-state index in [2.05, 4.69) is 22.4 Å². The summed E-state index contributed by atoms with van der Waals surface area (Å²) >= 11 is 1.55. The minimum Gasteiger partial charge on any atom is -0.304 e. The second-order valence-corrected chi connectivity index (χ2v) is 5.48. The maximum absolute atomic E-state index is 12.1. The van der Waals surface area contributed by atoms with E-state index in [0.717, 1.165) is 22.6 Å². The molecule has 0 atom stereocenters. The number of anilines is 1. The molecule has 0 aliphatic rings. The average molecular weight is 263 g/mol. The Morgan fingerprint density at radius 2 is 2.17 bits per heavy atom. The summed E-state index contributed by atoms with van der Waals surface area (Å²) in [5.41, 5.74) is 3.14. The number of carbonyl (C=O) groups excluding carboxylic acids is 1. The molecule has 0 aliphatic heterocycles. The first kappa shape index (κ1) is 12.8. The molecule has 0 aliphatic carbocycles. The van der Waals surface area contributed by atoms with Crippen LogP contribution in [0.15, 0.2) is 6.07 Å². The lowest BCUT2D eigenvalue weighted by atomic mass is 10.2. The van der Waals surface area contributed by atoms with Gasteiger partial charge in [-0.05, 0) is 38.8 Å². The van der Waals surface area contributed by atoms with Gasteiger partial charge in [0, 0.05) is 16.1 Å². The molecule has 96 valence electrons. The zero-order valence-electron chi connectivity index (χ0n) is 11.0. The quantitative estimate of drug-likeness (QED) is 0.893. The minimum atomic E-state index is -0.0857. The van der Waals surface area contributed by atoms with Gasteiger partial charge in [-0.3, -0.25) is 9.89 Å². The van der Waals surface area contributed by atoms with E-state index >= 15 is 0 Å². The molecule has 2 aromatic rings. The molecule has 5 heteroatoms. The molecule has 0 unspecified atom stereocenters. The molecule has 2 heterocycles. The number of H-pyrrole nitrogens is 1. The van der Waals surface area contributed by atoms with Crippen LogP contribution in [0.5, 0.6) is 0 Å². The van der Waals surface area contributed by atoms with Gasteiger partial charge in [0.1, 0.15) is 0 Å². The number of rotatable bonds is 3. The van der Waals surface area contributed by atoms with Crippen LogP contribution in [0, 0.1) is 20.8 Å². The van der Waals surface area contributed by atoms with Crippen molar-refractivity contribution in [2.24, 2.45) is 0 Å². The molecule has 18 heavy (non-hydrogen) atoms. The van der Waals surface area contributed by atoms with E-state index in [1.807, 2.05) is 26.8 Å². The number of thiophene rings is 1. The van der Waals surface area contributed by atoms with E-state index in [1.54, 1.807) is 11.3 Å². The van der Waals surface area contributed by atoms with Crippen LogP contribution in [0.1, 0.15) is 38.3 Å². The van der Waals surface area contributed by atoms with Crippen molar-refractivity contribution in [1.29, 1.82) is 0 Å². The second kappa shape index (κ2) is 4.94. The number of amides is 1. The molecule has 0 saturated heterocycles. The van der Waals surface area contributed by atoms with Gasteiger partial charge < -0.3 is 5.32 Å². The normalized spacial score (nSPS) is 10.7. The largest absolute Gasteiger partial charge is 0.304 e. The number of nitrogens with zero attached hydrogens (tertiary/aromatic N) is 1. The van der Waals surface area contributed by atoms with E-state index in [1.165, 1.54) is 10.4 Å². The Bertz CT molecular complexity index is 583. The summed E-state index contributed by atoms with van der Waals surface area (Å²) < 4.78 is 0. The first-order valence-corrected chi connectivity index (χ1v) is 6.76. The van der Waals surface area contributed by atoms with Crippen LogP contribution in [0.25, 0.3) is 0 Å². The summed E-state index contributed by atoms with van der Waals surface area (Å²) in [6.07, 6.45) is 0.963. The Balaban J connectivity index is 2.19. The smallest absolute Gasteiger partial charge is 0.266 e. The number of nitrogens with one attached hydrogen (secondary N) is 2. The third-order valence-electron chi connectivity index (χ3n) is 3.05. The van der Waals surface area contributed by atoms with E-state index in [4.69, 9.17) is 0 Å². The highest BCUT2D eigenvalue weighted by molar-refractivity contribution is 7.14. The maximum Gasteiger partial charge on any atom is 0.266 e. The number of carbonyl (C=O) groups is 1. The molecule has 0 radical (unpaired) electrons. The number of aromatic nitrogens is 2. The van der Waals surface area contributed by atoms with Gasteiger partial charge in [-0.15, -0.1) is 11.3 Å². The van der Waals surface area contributed by atoms with Gasteiger partial charge in [-0.1, -0.05) is 6.92 Å². The van der Waals surface area contributed by atoms with Crippen LogP contribution >= 0.6 is 11.3 Å². The van der Waals surface area contributed by atoms with Gasteiger partial charge in [-0.2, -0.15) is 5.10 Å². The first-order valence-electron chi connectivity index (χ1n) is 5.95. The molecule has 0 bridgehead atoms. The summed E-state index contributed by atoms with van der Waals surface area (Å²) in [7, 11) is 0. The summed E-state index contributed by atoms with van der Waals surface area (Å²) in [6.45, 7) is 8.01. The minimum absolute atomic E-state index is 0.0857. The highest BCUT2D eigenvalue weighted by Gasteiger charge is 2.14. The Labute approximate surface area is 110 Å². The Kier molecular flexibility index (Phi) is 3.52. The molecule has 2 aromatic heterocycles. The van der Waals surface area contributed by atoms with Gasteiger partial charge in [0.15, 0.2) is 5.82 Å². The molecule has 0 saturated carbocycles. The molecule has 0 fully saturated rings. The second-order valence-electron chi connectivity index (χ2n) is 4.35. The fourth-order valence-corrected chi connectivity index (χ4v) is 2.77. The van der Waals surface area contributed by atoms with Crippen molar-refractivity contribution in [2.45, 2.75) is 34.1 Å². The van der Waals surface area contributed by atoms with E-state index in [9.17, 15) is 4.79 Å². The topological polar surface area (TPSA) is 57.8 Å². The standard InChI is InChI=1S/C13H17N3OS/c1-5-10-7(2)6-11(18-10)13(17)14-12-8(3)9(4)15-16-12/h6H,5H2,1-4H3,(H2,14,15,16,17). The van der Waals surface area contributed by atoms with Crippen LogP contribution in [-0.2, 0) is 6.42 Å². The van der Waals surface area contributed by atoms with Crippen LogP contribution in [0.2, 0.25) is 0 Å². The maximum atomic E-state index is 12.1. The number of aryl methyl sites for hydroxylation is 3. The predicted molar refractivity (Wildman–Crippen MR) is 74.4 cm³/mol. The third kappa shape index (κ3) is 2.31. The van der Waals surface area contributed by atoms with Gasteiger partial charge in [0.25, 0.3) is 5.91 Å². The summed E-state index contributed by atoms with van der Waals surface area (Å²) in [4.78, 5) is 14.1. The fraction of sp³-hybridized carbons (Fsp3) is 0.385. The van der Waals surface area contributed by atoms with Crippen molar-refractivity contribution in [2.75, 3.05) is 5.32 Å². The monoisotopic (exact) mass is 263 g/mol. The Morgan fingerprint density at radius 3 is 2.67 bits per heavy atom. The summed E-state index contributed by atoms with van der Waals surface area (Å²) in [5, 5.41) is 9.78. The van der Waals surface area contributed by atoms with Crippen LogP contribution in [0.4, 0.5) is 5.82 Å². The number of hydrogen-bond donors (Lipinski definition) is 2. The zero-order valence-corrected chi connectivity index (χ0v) is 11.9. The molecule has 2 rings (SSSR count). The number of aromatic amines is 1. The molecular formula is C13H17N3OS. The lowest BCUT2D eigenvalue weighted by molar-refractivity contribution is 0.103. The number of hydrogen-bond acceptors (Lipinski definition) is 3. The summed E-state index contributed by atoms with van der Waals surface area (Å²) in [5.74, 6) is 0.527. The molecule has 4 nitrogen and oxygen atoms in total. The van der Waals surface area contributed by atoms with Crippen molar-refractivity contribution < 1.29 is 4.79 Å². The zero-order chi connectivity index (χ0) is 13.3. The summed E-state index contributed by atoms with van der Waals surface area (Å²) in [6, 6.07) is 1.94. The van der Waals surface area contributed by atoms with Crippen molar-refractivity contribution in [1.82, 2.24) is 10.2 Å². The average Bonchev–Trinajstić information content (AvgIpc) is 2.86. The predicted octanol–water partition coefficient (Wildman–Crippen LogP) is 3.21. The van der Waals surface area contributed by atoms with Crippen molar-refractivity contribution >= 4 is 23.1 Å². The van der Waals surface area contributed by atoms with Crippen LogP contribution < -0.4 is 5.32 Å². The van der Waals surface area contributed by atoms with E-state index in [0.29, 0.717) is 5.82 Å². The lowest BCUT2D eigenvalue weighted by Gasteiger charge is -2.00. The van der Waals surface area contributed by atoms with Gasteiger partial charge in [-0.25, -0.2) is 0 Å². The van der Waals surface area contributed by atoms with Crippen LogP contribution in [0.3, 0.4) is 0 Å². The van der Waals surface area contributed by atoms with Crippen molar-refractivity contribution in [3.05, 3.63) is 32.6 Å². The van der Waals surface area contributed by atoms with Crippen LogP contribution in [-0.4, -0.2) is 16.1 Å². The highest BCUT2D eigenvalue weighted by Crippen LogP contribution is 2.23. The van der Waals surface area contributed by atoms with Gasteiger partial charge in [0.05, 0.1) is 4.88 Å². The highest BCUT2D eigenvalue weighted by atomic mass is 32.1. The lowest BCUT2D eigenvalue weighted by Crippen LogP contribution is -2.11. The van der Waals surface area contributed by atoms with E-state index in [-0.39, 0.29) is 5.91 Å².